The quantitative estimate of drug-likeness (QED) is 0.377. The Morgan fingerprint density at radius 1 is 1.32 bits per heavy atom. The fourth-order valence-electron chi connectivity index (χ4n) is 3.24. The maximum atomic E-state index is 13.7. The third-order valence-electron chi connectivity index (χ3n) is 4.61. The molecule has 0 unspecified atom stereocenters. The van der Waals surface area contributed by atoms with Crippen molar-refractivity contribution in [3.63, 3.8) is 0 Å². The van der Waals surface area contributed by atoms with Crippen LogP contribution in [-0.2, 0) is 17.8 Å². The van der Waals surface area contributed by atoms with Crippen molar-refractivity contribution in [3.8, 4) is 0 Å². The van der Waals surface area contributed by atoms with Crippen LogP contribution in [-0.4, -0.2) is 27.3 Å². The van der Waals surface area contributed by atoms with Crippen molar-refractivity contribution in [2.45, 2.75) is 19.9 Å². The van der Waals surface area contributed by atoms with Crippen molar-refractivity contribution in [1.82, 2.24) is 9.88 Å². The van der Waals surface area contributed by atoms with Gasteiger partial charge in [-0.1, -0.05) is 18.2 Å². The molecule has 7 heteroatoms. The minimum atomic E-state index is -0.465. The van der Waals surface area contributed by atoms with Crippen molar-refractivity contribution >= 4 is 22.5 Å². The van der Waals surface area contributed by atoms with Gasteiger partial charge in [-0.3, -0.25) is 14.9 Å². The van der Waals surface area contributed by atoms with E-state index in [9.17, 15) is 19.3 Å². The standard InChI is InChI=1S/C21H20FN3O3/c1-3-9-24(13-15-5-4-6-17(10-15)25(27)28)21(26)12-18-14(2)23-20-8-7-16(22)11-19(18)20/h3-8,10-11,23H,1,9,12-13H2,2H3. The summed E-state index contributed by atoms with van der Waals surface area (Å²) in [6.45, 7) is 6.06. The summed E-state index contributed by atoms with van der Waals surface area (Å²) in [5, 5.41) is 11.7. The van der Waals surface area contributed by atoms with E-state index in [2.05, 4.69) is 11.6 Å². The zero-order valence-electron chi connectivity index (χ0n) is 15.4. The number of nitrogens with one attached hydrogen (secondary N) is 1. The number of nitrogens with zero attached hydrogens (tertiary/aromatic N) is 2. The van der Waals surface area contributed by atoms with Gasteiger partial charge in [0, 0.05) is 41.8 Å². The number of nitro groups is 1. The van der Waals surface area contributed by atoms with Crippen LogP contribution in [0.25, 0.3) is 10.9 Å². The molecule has 28 heavy (non-hydrogen) atoms. The Kier molecular flexibility index (Phi) is 5.54. The number of nitro benzene ring substituents is 1. The Bertz CT molecular complexity index is 1060. The third-order valence-corrected chi connectivity index (χ3v) is 4.61. The van der Waals surface area contributed by atoms with Crippen LogP contribution in [0.1, 0.15) is 16.8 Å². The summed E-state index contributed by atoms with van der Waals surface area (Å²) in [7, 11) is 0. The van der Waals surface area contributed by atoms with Gasteiger partial charge in [-0.25, -0.2) is 4.39 Å². The molecule has 0 saturated carbocycles. The Hall–Kier alpha value is -3.48. The molecule has 0 bridgehead atoms. The van der Waals surface area contributed by atoms with Crippen LogP contribution in [0.2, 0.25) is 0 Å². The molecule has 0 spiro atoms. The van der Waals surface area contributed by atoms with Crippen LogP contribution in [0.5, 0.6) is 0 Å². The zero-order valence-corrected chi connectivity index (χ0v) is 15.4. The number of halogens is 1. The van der Waals surface area contributed by atoms with E-state index in [0.29, 0.717) is 17.5 Å². The number of aromatic amines is 1. The minimum Gasteiger partial charge on any atom is -0.358 e. The molecule has 2 aromatic carbocycles. The molecule has 144 valence electrons. The summed E-state index contributed by atoms with van der Waals surface area (Å²) in [6, 6.07) is 10.6. The maximum absolute atomic E-state index is 13.7. The Morgan fingerprint density at radius 2 is 2.11 bits per heavy atom. The lowest BCUT2D eigenvalue weighted by Gasteiger charge is -2.21. The lowest BCUT2D eigenvalue weighted by molar-refractivity contribution is -0.384. The van der Waals surface area contributed by atoms with Gasteiger partial charge in [0.15, 0.2) is 0 Å². The van der Waals surface area contributed by atoms with Crippen LogP contribution in [0.4, 0.5) is 10.1 Å². The van der Waals surface area contributed by atoms with Crippen LogP contribution in [0, 0.1) is 22.9 Å². The Labute approximate surface area is 161 Å². The van der Waals surface area contributed by atoms with Gasteiger partial charge in [0.05, 0.1) is 11.3 Å². The van der Waals surface area contributed by atoms with E-state index in [1.165, 1.54) is 24.3 Å². The summed E-state index contributed by atoms with van der Waals surface area (Å²) in [6.07, 6.45) is 1.70. The van der Waals surface area contributed by atoms with E-state index < -0.39 is 4.92 Å². The van der Waals surface area contributed by atoms with Crippen LogP contribution in [0.3, 0.4) is 0 Å². The van der Waals surface area contributed by atoms with Crippen molar-refractivity contribution in [1.29, 1.82) is 0 Å². The first-order valence-electron chi connectivity index (χ1n) is 8.77. The van der Waals surface area contributed by atoms with Gasteiger partial charge >= 0.3 is 0 Å². The first-order chi connectivity index (χ1) is 13.4. The molecule has 0 saturated heterocycles. The van der Waals surface area contributed by atoms with E-state index in [-0.39, 0.29) is 30.4 Å². The first kappa shape index (κ1) is 19.3. The molecule has 0 fully saturated rings. The number of non-ortho nitro benzene ring substituents is 1. The molecule has 0 atom stereocenters. The minimum absolute atomic E-state index is 0.0218. The van der Waals surface area contributed by atoms with E-state index in [4.69, 9.17) is 0 Å². The summed E-state index contributed by atoms with van der Waals surface area (Å²) < 4.78 is 13.7. The topological polar surface area (TPSA) is 79.2 Å². The number of hydrogen-bond donors (Lipinski definition) is 1. The smallest absolute Gasteiger partial charge is 0.269 e. The average molecular weight is 381 g/mol. The largest absolute Gasteiger partial charge is 0.358 e. The van der Waals surface area contributed by atoms with E-state index in [1.807, 2.05) is 6.92 Å². The maximum Gasteiger partial charge on any atom is 0.269 e. The molecule has 0 aliphatic heterocycles. The van der Waals surface area contributed by atoms with Crippen molar-refractivity contribution in [3.05, 3.63) is 87.9 Å². The molecule has 0 radical (unpaired) electrons. The molecule has 1 heterocycles. The normalized spacial score (nSPS) is 10.8. The molecule has 0 aliphatic rings. The molecule has 1 aromatic heterocycles. The fourth-order valence-corrected chi connectivity index (χ4v) is 3.24. The number of amides is 1. The molecule has 3 aromatic rings. The number of aryl methyl sites for hydroxylation is 1. The number of hydrogen-bond acceptors (Lipinski definition) is 3. The van der Waals surface area contributed by atoms with Gasteiger partial charge in [-0.15, -0.1) is 6.58 Å². The van der Waals surface area contributed by atoms with Crippen molar-refractivity contribution in [2.24, 2.45) is 0 Å². The molecule has 3 rings (SSSR count). The SMILES string of the molecule is C=CCN(Cc1cccc([N+](=O)[O-])c1)C(=O)Cc1c(C)[nH]c2ccc(F)cc12. The number of carbonyl (C=O) groups is 1. The van der Waals surface area contributed by atoms with E-state index in [0.717, 1.165) is 16.8 Å². The predicted molar refractivity (Wildman–Crippen MR) is 105 cm³/mol. The van der Waals surface area contributed by atoms with Gasteiger partial charge in [0.2, 0.25) is 5.91 Å². The average Bonchev–Trinajstić information content (AvgIpc) is 2.96. The predicted octanol–water partition coefficient (Wildman–Crippen LogP) is 4.28. The Balaban J connectivity index is 1.85. The van der Waals surface area contributed by atoms with Crippen molar-refractivity contribution < 1.29 is 14.1 Å². The highest BCUT2D eigenvalue weighted by Crippen LogP contribution is 2.24. The van der Waals surface area contributed by atoms with Crippen LogP contribution < -0.4 is 0 Å². The van der Waals surface area contributed by atoms with E-state index >= 15 is 0 Å². The monoisotopic (exact) mass is 381 g/mol. The highest BCUT2D eigenvalue weighted by atomic mass is 19.1. The second-order valence-electron chi connectivity index (χ2n) is 6.59. The molecule has 1 amide bonds. The number of rotatable bonds is 7. The summed E-state index contributed by atoms with van der Waals surface area (Å²) in [5.74, 6) is -0.528. The summed E-state index contributed by atoms with van der Waals surface area (Å²) in [4.78, 5) is 28.2. The van der Waals surface area contributed by atoms with Crippen LogP contribution in [0.15, 0.2) is 55.1 Å². The number of benzene rings is 2. The number of H-pyrrole nitrogens is 1. The van der Waals surface area contributed by atoms with Gasteiger partial charge in [-0.05, 0) is 36.2 Å². The van der Waals surface area contributed by atoms with Gasteiger partial charge in [0.1, 0.15) is 5.82 Å². The fraction of sp³-hybridized carbons (Fsp3) is 0.190. The molecular formula is C21H20FN3O3. The van der Waals surface area contributed by atoms with Crippen LogP contribution >= 0.6 is 0 Å². The van der Waals surface area contributed by atoms with Gasteiger partial charge in [0.25, 0.3) is 5.69 Å². The number of fused-ring (bicyclic) bond motifs is 1. The highest BCUT2D eigenvalue weighted by molar-refractivity contribution is 5.90. The summed E-state index contributed by atoms with van der Waals surface area (Å²) >= 11 is 0. The van der Waals surface area contributed by atoms with Crippen molar-refractivity contribution in [2.75, 3.05) is 6.54 Å². The lowest BCUT2D eigenvalue weighted by atomic mass is 10.1. The second-order valence-corrected chi connectivity index (χ2v) is 6.59. The third kappa shape index (κ3) is 4.09. The van der Waals surface area contributed by atoms with Gasteiger partial charge < -0.3 is 9.88 Å². The number of carbonyl (C=O) groups excluding carboxylic acids is 1. The highest BCUT2D eigenvalue weighted by Gasteiger charge is 2.19. The lowest BCUT2D eigenvalue weighted by Crippen LogP contribution is -2.32. The Morgan fingerprint density at radius 3 is 2.82 bits per heavy atom. The first-order valence-corrected chi connectivity index (χ1v) is 8.77. The molecular weight excluding hydrogens is 361 g/mol. The molecule has 1 N–H and O–H groups in total. The van der Waals surface area contributed by atoms with E-state index in [1.54, 1.807) is 29.2 Å². The van der Waals surface area contributed by atoms with Gasteiger partial charge in [-0.2, -0.15) is 0 Å². The zero-order chi connectivity index (χ0) is 20.3. The summed E-state index contributed by atoms with van der Waals surface area (Å²) in [5.41, 5.74) is 2.96. The number of aromatic nitrogens is 1. The molecule has 0 aliphatic carbocycles. The second kappa shape index (κ2) is 8.04. The molecule has 6 nitrogen and oxygen atoms in total.